The highest BCUT2D eigenvalue weighted by molar-refractivity contribution is 5.13. The van der Waals surface area contributed by atoms with E-state index in [4.69, 9.17) is 14.2 Å². The summed E-state index contributed by atoms with van der Waals surface area (Å²) in [6.45, 7) is 6.60. The lowest BCUT2D eigenvalue weighted by Gasteiger charge is -2.21. The minimum atomic E-state index is 0.0321. The summed E-state index contributed by atoms with van der Waals surface area (Å²) in [6.07, 6.45) is 6.98. The molecule has 3 rings (SSSR count). The molecule has 6 nitrogen and oxygen atoms in total. The van der Waals surface area contributed by atoms with Gasteiger partial charge in [-0.1, -0.05) is 6.08 Å². The first-order valence-electron chi connectivity index (χ1n) is 7.61. The number of aromatic nitrogens is 2. The summed E-state index contributed by atoms with van der Waals surface area (Å²) >= 11 is 0. The Morgan fingerprint density at radius 2 is 2.38 bits per heavy atom. The maximum atomic E-state index is 5.99. The second kappa shape index (κ2) is 7.06. The first-order valence-corrected chi connectivity index (χ1v) is 7.61. The van der Waals surface area contributed by atoms with Gasteiger partial charge in [0, 0.05) is 13.1 Å². The lowest BCUT2D eigenvalue weighted by molar-refractivity contribution is 0.138. The highest BCUT2D eigenvalue weighted by Gasteiger charge is 2.30. The Morgan fingerprint density at radius 1 is 1.43 bits per heavy atom. The number of ether oxygens (including phenoxy) is 3. The molecule has 21 heavy (non-hydrogen) atoms. The molecule has 1 aromatic rings. The van der Waals surface area contributed by atoms with Gasteiger partial charge in [0.15, 0.2) is 5.75 Å². The molecule has 1 saturated heterocycles. The van der Waals surface area contributed by atoms with Crippen LogP contribution in [0.5, 0.6) is 5.75 Å². The van der Waals surface area contributed by atoms with Gasteiger partial charge in [-0.3, -0.25) is 4.68 Å². The molecule has 116 valence electrons. The van der Waals surface area contributed by atoms with Crippen molar-refractivity contribution in [3.8, 4) is 5.75 Å². The first kappa shape index (κ1) is 14.6. The summed E-state index contributed by atoms with van der Waals surface area (Å²) in [5, 5.41) is 7.74. The summed E-state index contributed by atoms with van der Waals surface area (Å²) in [5.74, 6) is 0.805. The molecule has 0 aromatic carbocycles. The van der Waals surface area contributed by atoms with Crippen LogP contribution in [0.25, 0.3) is 0 Å². The predicted octanol–water partition coefficient (Wildman–Crippen LogP) is 0.985. The van der Waals surface area contributed by atoms with Crippen LogP contribution in [-0.4, -0.2) is 54.9 Å². The van der Waals surface area contributed by atoms with E-state index in [-0.39, 0.29) is 12.1 Å². The van der Waals surface area contributed by atoms with Crippen molar-refractivity contribution in [3.63, 3.8) is 0 Å². The van der Waals surface area contributed by atoms with Crippen molar-refractivity contribution >= 4 is 0 Å². The Kier molecular flexibility index (Phi) is 4.90. The summed E-state index contributed by atoms with van der Waals surface area (Å²) in [7, 11) is 0. The molecule has 0 bridgehead atoms. The third kappa shape index (κ3) is 3.84. The zero-order valence-electron chi connectivity index (χ0n) is 12.5. The number of hydrogen-bond acceptors (Lipinski definition) is 5. The third-order valence-electron chi connectivity index (χ3n) is 3.82. The van der Waals surface area contributed by atoms with Crippen LogP contribution in [0.1, 0.15) is 13.3 Å². The van der Waals surface area contributed by atoms with Crippen molar-refractivity contribution in [2.24, 2.45) is 0 Å². The van der Waals surface area contributed by atoms with E-state index in [0.717, 1.165) is 38.5 Å². The SMILES string of the molecule is CCn1cc(O[C@@H]2COC[C@@H]2NCC2=CCCOC2)cn1. The van der Waals surface area contributed by atoms with Crippen LogP contribution in [0.4, 0.5) is 0 Å². The number of hydrogen-bond donors (Lipinski definition) is 1. The largest absolute Gasteiger partial charge is 0.483 e. The van der Waals surface area contributed by atoms with Crippen LogP contribution in [0.15, 0.2) is 24.0 Å². The Morgan fingerprint density at radius 3 is 3.14 bits per heavy atom. The molecule has 1 aromatic heterocycles. The van der Waals surface area contributed by atoms with Gasteiger partial charge in [0.1, 0.15) is 6.10 Å². The van der Waals surface area contributed by atoms with Crippen molar-refractivity contribution in [1.82, 2.24) is 15.1 Å². The Hall–Kier alpha value is -1.37. The fraction of sp³-hybridized carbons (Fsp3) is 0.667. The molecule has 0 amide bonds. The van der Waals surface area contributed by atoms with Crippen molar-refractivity contribution < 1.29 is 14.2 Å². The van der Waals surface area contributed by atoms with Crippen molar-refractivity contribution in [1.29, 1.82) is 0 Å². The lowest BCUT2D eigenvalue weighted by atomic mass is 10.1. The molecule has 0 unspecified atom stereocenters. The van der Waals surface area contributed by atoms with Gasteiger partial charge in [0.2, 0.25) is 0 Å². The predicted molar refractivity (Wildman–Crippen MR) is 78.4 cm³/mol. The van der Waals surface area contributed by atoms with E-state index in [1.807, 2.05) is 10.9 Å². The number of aryl methyl sites for hydroxylation is 1. The van der Waals surface area contributed by atoms with Crippen LogP contribution in [-0.2, 0) is 16.0 Å². The molecule has 1 N–H and O–H groups in total. The molecule has 2 atom stereocenters. The van der Waals surface area contributed by atoms with Gasteiger partial charge in [-0.05, 0) is 18.9 Å². The van der Waals surface area contributed by atoms with Gasteiger partial charge < -0.3 is 19.5 Å². The molecule has 0 aliphatic carbocycles. The molecule has 2 aliphatic rings. The van der Waals surface area contributed by atoms with Gasteiger partial charge in [-0.15, -0.1) is 0 Å². The van der Waals surface area contributed by atoms with Gasteiger partial charge in [-0.2, -0.15) is 5.10 Å². The minimum absolute atomic E-state index is 0.0321. The van der Waals surface area contributed by atoms with Crippen LogP contribution < -0.4 is 10.1 Å². The van der Waals surface area contributed by atoms with Gasteiger partial charge in [0.25, 0.3) is 0 Å². The topological polar surface area (TPSA) is 57.5 Å². The Balaban J connectivity index is 1.51. The van der Waals surface area contributed by atoms with E-state index < -0.39 is 0 Å². The van der Waals surface area contributed by atoms with E-state index in [1.54, 1.807) is 6.20 Å². The van der Waals surface area contributed by atoms with Crippen molar-refractivity contribution in [2.75, 3.05) is 33.0 Å². The summed E-state index contributed by atoms with van der Waals surface area (Å²) < 4.78 is 18.9. The molecule has 0 radical (unpaired) electrons. The van der Waals surface area contributed by atoms with E-state index in [9.17, 15) is 0 Å². The first-order chi connectivity index (χ1) is 10.3. The zero-order chi connectivity index (χ0) is 14.5. The molecule has 2 aliphatic heterocycles. The number of nitrogens with one attached hydrogen (secondary N) is 1. The quantitative estimate of drug-likeness (QED) is 0.793. The lowest BCUT2D eigenvalue weighted by Crippen LogP contribution is -2.43. The maximum absolute atomic E-state index is 5.99. The highest BCUT2D eigenvalue weighted by atomic mass is 16.5. The minimum Gasteiger partial charge on any atom is -0.483 e. The monoisotopic (exact) mass is 293 g/mol. The summed E-state index contributed by atoms with van der Waals surface area (Å²) in [5.41, 5.74) is 1.31. The van der Waals surface area contributed by atoms with Gasteiger partial charge >= 0.3 is 0 Å². The molecular weight excluding hydrogens is 270 g/mol. The summed E-state index contributed by atoms with van der Waals surface area (Å²) in [6, 6.07) is 0.206. The number of nitrogens with zero attached hydrogens (tertiary/aromatic N) is 2. The smallest absolute Gasteiger partial charge is 0.157 e. The molecule has 0 spiro atoms. The number of rotatable bonds is 6. The van der Waals surface area contributed by atoms with Gasteiger partial charge in [0.05, 0.1) is 44.9 Å². The fourth-order valence-corrected chi connectivity index (χ4v) is 2.59. The summed E-state index contributed by atoms with van der Waals surface area (Å²) in [4.78, 5) is 0. The zero-order valence-corrected chi connectivity index (χ0v) is 12.5. The van der Waals surface area contributed by atoms with E-state index in [0.29, 0.717) is 13.2 Å². The average molecular weight is 293 g/mol. The normalized spacial score (nSPS) is 25.9. The Bertz CT molecular complexity index is 486. The average Bonchev–Trinajstić information content (AvgIpc) is 3.16. The van der Waals surface area contributed by atoms with Crippen molar-refractivity contribution in [3.05, 3.63) is 24.0 Å². The van der Waals surface area contributed by atoms with Crippen LogP contribution in [0.2, 0.25) is 0 Å². The molecular formula is C15H23N3O3. The van der Waals surface area contributed by atoms with Gasteiger partial charge in [-0.25, -0.2) is 0 Å². The highest BCUT2D eigenvalue weighted by Crippen LogP contribution is 2.17. The molecule has 6 heteroatoms. The maximum Gasteiger partial charge on any atom is 0.157 e. The standard InChI is InChI=1S/C15H23N3O3/c1-2-18-8-13(7-17-18)21-15-11-20-10-14(15)16-6-12-4-3-5-19-9-12/h4,7-8,14-16H,2-3,5-6,9-11H2,1H3/t14-,15+/m0/s1. The van der Waals surface area contributed by atoms with Crippen molar-refractivity contribution in [2.45, 2.75) is 32.0 Å². The van der Waals surface area contributed by atoms with Crippen LogP contribution in [0.3, 0.4) is 0 Å². The molecule has 0 saturated carbocycles. The van der Waals surface area contributed by atoms with E-state index in [1.165, 1.54) is 5.57 Å². The second-order valence-electron chi connectivity index (χ2n) is 5.42. The van der Waals surface area contributed by atoms with Crippen LogP contribution in [0, 0.1) is 0 Å². The second-order valence-corrected chi connectivity index (χ2v) is 5.42. The Labute approximate surface area is 125 Å². The van der Waals surface area contributed by atoms with E-state index >= 15 is 0 Å². The van der Waals surface area contributed by atoms with Crippen LogP contribution >= 0.6 is 0 Å². The fourth-order valence-electron chi connectivity index (χ4n) is 2.59. The third-order valence-corrected chi connectivity index (χ3v) is 3.82. The molecule has 3 heterocycles. The molecule has 1 fully saturated rings. The van der Waals surface area contributed by atoms with E-state index in [2.05, 4.69) is 23.4 Å².